The summed E-state index contributed by atoms with van der Waals surface area (Å²) in [5.74, 6) is 0. The van der Waals surface area contributed by atoms with Gasteiger partial charge in [0.1, 0.15) is 0 Å². The molecule has 0 saturated carbocycles. The second-order valence-electron chi connectivity index (χ2n) is 4.44. The summed E-state index contributed by atoms with van der Waals surface area (Å²) < 4.78 is 0. The highest BCUT2D eigenvalue weighted by atomic mass is 28.3. The lowest BCUT2D eigenvalue weighted by Gasteiger charge is -2.12. The maximum absolute atomic E-state index is 8.71. The van der Waals surface area contributed by atoms with E-state index < -0.39 is 8.80 Å². The molecule has 0 saturated heterocycles. The SMILES string of the molecule is C[SiH](CC[SiH3])CC[SiH](C)CCCO. The molecule has 0 aromatic heterocycles. The third-order valence-corrected chi connectivity index (χ3v) is 10.8. The molecule has 2 unspecified atom stereocenters. The zero-order valence-electron chi connectivity index (χ0n) is 9.55. The normalized spacial score (nSPS) is 15.9. The van der Waals surface area contributed by atoms with Gasteiger partial charge >= 0.3 is 0 Å². The van der Waals surface area contributed by atoms with Crippen molar-refractivity contribution in [3.63, 3.8) is 0 Å². The van der Waals surface area contributed by atoms with E-state index in [2.05, 4.69) is 13.1 Å². The van der Waals surface area contributed by atoms with Gasteiger partial charge in [0.15, 0.2) is 0 Å². The quantitative estimate of drug-likeness (QED) is 0.618. The summed E-state index contributed by atoms with van der Waals surface area (Å²) >= 11 is 0. The Hall–Kier alpha value is 0.611. The van der Waals surface area contributed by atoms with E-state index in [-0.39, 0.29) is 8.80 Å². The molecule has 0 rings (SSSR count). The molecule has 13 heavy (non-hydrogen) atoms. The van der Waals surface area contributed by atoms with Gasteiger partial charge in [-0.15, -0.1) is 0 Å². The van der Waals surface area contributed by atoms with E-state index >= 15 is 0 Å². The Morgan fingerprint density at radius 3 is 2.00 bits per heavy atom. The Balaban J connectivity index is 3.29. The summed E-state index contributed by atoms with van der Waals surface area (Å²) in [5, 5.41) is 8.71. The summed E-state index contributed by atoms with van der Waals surface area (Å²) in [5.41, 5.74) is 0. The van der Waals surface area contributed by atoms with Gasteiger partial charge in [-0.2, -0.15) is 0 Å². The third-order valence-electron chi connectivity index (χ3n) is 2.79. The molecule has 4 heteroatoms. The van der Waals surface area contributed by atoms with Gasteiger partial charge in [-0.05, 0) is 6.42 Å². The topological polar surface area (TPSA) is 20.2 Å². The van der Waals surface area contributed by atoms with Crippen LogP contribution in [0.4, 0.5) is 0 Å². The second kappa shape index (κ2) is 9.18. The first kappa shape index (κ1) is 13.6. The van der Waals surface area contributed by atoms with Crippen LogP contribution in [-0.2, 0) is 0 Å². The predicted octanol–water partition coefficient (Wildman–Crippen LogP) is 0.866. The first-order chi connectivity index (χ1) is 6.20. The molecule has 0 aromatic rings. The van der Waals surface area contributed by atoms with Crippen molar-refractivity contribution in [3.05, 3.63) is 0 Å². The molecule has 0 aliphatic rings. The molecule has 1 N–H and O–H groups in total. The highest BCUT2D eigenvalue weighted by molar-refractivity contribution is 6.63. The molecular formula is C9H26OSi3. The van der Waals surface area contributed by atoms with Crippen LogP contribution < -0.4 is 0 Å². The summed E-state index contributed by atoms with van der Waals surface area (Å²) in [6, 6.07) is 7.61. The second-order valence-corrected chi connectivity index (χ2v) is 12.2. The summed E-state index contributed by atoms with van der Waals surface area (Å²) in [6.07, 6.45) is 1.06. The molecule has 0 aromatic carbocycles. The van der Waals surface area contributed by atoms with Crippen LogP contribution in [0.15, 0.2) is 0 Å². The van der Waals surface area contributed by atoms with Crippen molar-refractivity contribution in [2.75, 3.05) is 6.61 Å². The minimum atomic E-state index is -0.415. The van der Waals surface area contributed by atoms with Crippen LogP contribution in [0.25, 0.3) is 0 Å². The molecule has 0 fully saturated rings. The molecule has 2 atom stereocenters. The van der Waals surface area contributed by atoms with Crippen LogP contribution in [0.3, 0.4) is 0 Å². The van der Waals surface area contributed by atoms with Gasteiger partial charge in [0.05, 0.1) is 0 Å². The van der Waals surface area contributed by atoms with E-state index in [1.54, 1.807) is 18.1 Å². The molecule has 1 nitrogen and oxygen atoms in total. The summed E-state index contributed by atoms with van der Waals surface area (Å²) in [7, 11) is 0.705. The first-order valence-corrected chi connectivity index (χ1v) is 12.8. The van der Waals surface area contributed by atoms with Gasteiger partial charge in [-0.1, -0.05) is 43.3 Å². The van der Waals surface area contributed by atoms with Crippen LogP contribution in [0.2, 0.25) is 43.3 Å². The van der Waals surface area contributed by atoms with Gasteiger partial charge in [-0.25, -0.2) is 0 Å². The average Bonchev–Trinajstić information content (AvgIpc) is 2.12. The lowest BCUT2D eigenvalue weighted by atomic mass is 10.5. The van der Waals surface area contributed by atoms with Crippen LogP contribution in [-0.4, -0.2) is 39.5 Å². The lowest BCUT2D eigenvalue weighted by molar-refractivity contribution is 0.294. The highest BCUT2D eigenvalue weighted by Gasteiger charge is 2.07. The zero-order chi connectivity index (χ0) is 10.1. The van der Waals surface area contributed by atoms with Crippen molar-refractivity contribution < 1.29 is 5.11 Å². The van der Waals surface area contributed by atoms with E-state index in [1.165, 1.54) is 22.3 Å². The Morgan fingerprint density at radius 2 is 1.54 bits per heavy atom. The van der Waals surface area contributed by atoms with E-state index in [9.17, 15) is 0 Å². The highest BCUT2D eigenvalue weighted by Crippen LogP contribution is 2.11. The Bertz CT molecular complexity index is 111. The molecular weight excluding hydrogens is 208 g/mol. The monoisotopic (exact) mass is 234 g/mol. The molecule has 0 aliphatic carbocycles. The Morgan fingerprint density at radius 1 is 1.00 bits per heavy atom. The van der Waals surface area contributed by atoms with Crippen molar-refractivity contribution in [2.45, 2.75) is 49.7 Å². The fraction of sp³-hybridized carbons (Fsp3) is 1.00. The number of hydrogen-bond donors (Lipinski definition) is 1. The van der Waals surface area contributed by atoms with E-state index in [1.807, 2.05) is 0 Å². The minimum absolute atomic E-state index is 0.285. The largest absolute Gasteiger partial charge is 0.396 e. The predicted molar refractivity (Wildman–Crippen MR) is 71.7 cm³/mol. The van der Waals surface area contributed by atoms with E-state index in [0.29, 0.717) is 6.61 Å². The number of rotatable bonds is 8. The average molecular weight is 235 g/mol. The van der Waals surface area contributed by atoms with Crippen LogP contribution in [0, 0.1) is 0 Å². The van der Waals surface area contributed by atoms with Gasteiger partial charge in [0, 0.05) is 34.4 Å². The van der Waals surface area contributed by atoms with Crippen molar-refractivity contribution in [3.8, 4) is 0 Å². The molecule has 0 bridgehead atoms. The Kier molecular flexibility index (Phi) is 9.61. The van der Waals surface area contributed by atoms with Gasteiger partial charge < -0.3 is 5.11 Å². The molecule has 0 spiro atoms. The fourth-order valence-corrected chi connectivity index (χ4v) is 11.7. The lowest BCUT2D eigenvalue weighted by Crippen LogP contribution is -2.13. The van der Waals surface area contributed by atoms with E-state index in [4.69, 9.17) is 5.11 Å². The van der Waals surface area contributed by atoms with Crippen molar-refractivity contribution >= 4 is 27.8 Å². The molecule has 0 radical (unpaired) electrons. The fourth-order valence-electron chi connectivity index (χ4n) is 1.79. The van der Waals surface area contributed by atoms with Crippen molar-refractivity contribution in [1.29, 1.82) is 0 Å². The number of hydrogen-bond acceptors (Lipinski definition) is 1. The van der Waals surface area contributed by atoms with Gasteiger partial charge in [0.2, 0.25) is 0 Å². The third kappa shape index (κ3) is 8.93. The first-order valence-electron chi connectivity index (χ1n) is 5.81. The minimum Gasteiger partial charge on any atom is -0.396 e. The smallest absolute Gasteiger partial charge is 0.0428 e. The van der Waals surface area contributed by atoms with Gasteiger partial charge in [0.25, 0.3) is 0 Å². The standard InChI is InChI=1S/C9H26OSi3/c1-12(6-3-4-10)8-9-13(2)7-5-11/h10,12-13H,3-9H2,1-2,11H3. The maximum atomic E-state index is 8.71. The number of aliphatic hydroxyl groups excluding tert-OH is 1. The molecule has 0 aliphatic heterocycles. The van der Waals surface area contributed by atoms with Gasteiger partial charge in [-0.3, -0.25) is 0 Å². The Labute approximate surface area is 89.6 Å². The molecule has 80 valence electrons. The summed E-state index contributed by atoms with van der Waals surface area (Å²) in [6.45, 7) is 5.41. The van der Waals surface area contributed by atoms with Crippen LogP contribution in [0.1, 0.15) is 6.42 Å². The van der Waals surface area contributed by atoms with Crippen molar-refractivity contribution in [1.82, 2.24) is 0 Å². The van der Waals surface area contributed by atoms with Crippen LogP contribution in [0.5, 0.6) is 0 Å². The maximum Gasteiger partial charge on any atom is 0.0428 e. The van der Waals surface area contributed by atoms with Crippen molar-refractivity contribution in [2.24, 2.45) is 0 Å². The molecule has 0 amide bonds. The molecule has 0 heterocycles. The van der Waals surface area contributed by atoms with E-state index in [0.717, 1.165) is 6.42 Å². The van der Waals surface area contributed by atoms with Crippen LogP contribution >= 0.6 is 0 Å². The summed E-state index contributed by atoms with van der Waals surface area (Å²) in [4.78, 5) is 0. The zero-order valence-corrected chi connectivity index (χ0v) is 13.9. The number of aliphatic hydroxyl groups is 1.